The SMILES string of the molecule is C=CCN1C(=O)N/C(=C/c2cc(Br)c(OCc3ccc(C)cc3)c(Br)c2)C1=O. The number of urea groups is 1. The van der Waals surface area contributed by atoms with Crippen LogP contribution in [-0.4, -0.2) is 23.4 Å². The van der Waals surface area contributed by atoms with Gasteiger partial charge in [-0.05, 0) is 68.1 Å². The lowest BCUT2D eigenvalue weighted by atomic mass is 10.1. The molecule has 7 heteroatoms. The molecular weight excluding hydrogens is 488 g/mol. The fourth-order valence-corrected chi connectivity index (χ4v) is 4.12. The molecule has 0 spiro atoms. The van der Waals surface area contributed by atoms with Gasteiger partial charge >= 0.3 is 6.03 Å². The first kappa shape index (κ1) is 20.4. The van der Waals surface area contributed by atoms with Crippen molar-refractivity contribution in [3.63, 3.8) is 0 Å². The Bertz CT molecular complexity index is 945. The predicted molar refractivity (Wildman–Crippen MR) is 116 cm³/mol. The highest BCUT2D eigenvalue weighted by Gasteiger charge is 2.32. The molecule has 2 aromatic rings. The van der Waals surface area contributed by atoms with Gasteiger partial charge in [0.2, 0.25) is 0 Å². The standard InChI is InChI=1S/C21H18Br2N2O3/c1-3-8-25-20(26)18(24-21(25)27)11-15-9-16(22)19(17(23)10-15)28-12-14-6-4-13(2)5-7-14/h3-7,9-11H,1,8,12H2,2H3,(H,24,27)/b18-11+. The van der Waals surface area contributed by atoms with Crippen LogP contribution in [0.4, 0.5) is 4.79 Å². The molecule has 0 aromatic heterocycles. The van der Waals surface area contributed by atoms with Crippen molar-refractivity contribution >= 4 is 49.9 Å². The van der Waals surface area contributed by atoms with E-state index in [-0.39, 0.29) is 18.1 Å². The van der Waals surface area contributed by atoms with Gasteiger partial charge < -0.3 is 10.1 Å². The van der Waals surface area contributed by atoms with E-state index in [0.717, 1.165) is 25.0 Å². The molecule has 0 saturated carbocycles. The van der Waals surface area contributed by atoms with Gasteiger partial charge in [-0.1, -0.05) is 35.9 Å². The highest BCUT2D eigenvalue weighted by molar-refractivity contribution is 9.11. The average molecular weight is 506 g/mol. The molecule has 1 N–H and O–H groups in total. The van der Waals surface area contributed by atoms with E-state index in [4.69, 9.17) is 4.74 Å². The summed E-state index contributed by atoms with van der Waals surface area (Å²) in [5.41, 5.74) is 3.23. The van der Waals surface area contributed by atoms with Crippen molar-refractivity contribution in [3.05, 3.63) is 80.4 Å². The molecule has 0 bridgehead atoms. The van der Waals surface area contributed by atoms with Crippen molar-refractivity contribution in [2.45, 2.75) is 13.5 Å². The molecular formula is C21H18Br2N2O3. The van der Waals surface area contributed by atoms with Gasteiger partial charge in [-0.2, -0.15) is 0 Å². The van der Waals surface area contributed by atoms with Crippen LogP contribution in [0.5, 0.6) is 5.75 Å². The van der Waals surface area contributed by atoms with E-state index in [1.807, 2.05) is 43.3 Å². The quantitative estimate of drug-likeness (QED) is 0.334. The van der Waals surface area contributed by atoms with E-state index in [1.54, 1.807) is 6.08 Å². The number of hydrogen-bond acceptors (Lipinski definition) is 3. The first-order valence-corrected chi connectivity index (χ1v) is 10.1. The zero-order chi connectivity index (χ0) is 20.3. The van der Waals surface area contributed by atoms with Gasteiger partial charge in [0.25, 0.3) is 5.91 Å². The molecule has 0 radical (unpaired) electrons. The third-order valence-corrected chi connectivity index (χ3v) is 5.29. The van der Waals surface area contributed by atoms with Crippen molar-refractivity contribution in [1.29, 1.82) is 0 Å². The Kier molecular flexibility index (Phi) is 6.36. The molecule has 28 heavy (non-hydrogen) atoms. The van der Waals surface area contributed by atoms with E-state index < -0.39 is 6.03 Å². The van der Waals surface area contributed by atoms with E-state index in [2.05, 4.69) is 43.8 Å². The van der Waals surface area contributed by atoms with E-state index in [9.17, 15) is 9.59 Å². The zero-order valence-electron chi connectivity index (χ0n) is 15.2. The van der Waals surface area contributed by atoms with Gasteiger partial charge in [-0.25, -0.2) is 4.79 Å². The molecule has 1 heterocycles. The molecule has 1 aliphatic heterocycles. The van der Waals surface area contributed by atoms with Crippen molar-refractivity contribution in [2.24, 2.45) is 0 Å². The predicted octanol–water partition coefficient (Wildman–Crippen LogP) is 5.18. The normalized spacial score (nSPS) is 15.1. The van der Waals surface area contributed by atoms with Crippen LogP contribution in [0.1, 0.15) is 16.7 Å². The van der Waals surface area contributed by atoms with Crippen molar-refractivity contribution in [3.8, 4) is 5.75 Å². The van der Waals surface area contributed by atoms with Crippen LogP contribution in [0.2, 0.25) is 0 Å². The topological polar surface area (TPSA) is 58.6 Å². The Balaban J connectivity index is 1.78. The zero-order valence-corrected chi connectivity index (χ0v) is 18.3. The smallest absolute Gasteiger partial charge is 0.329 e. The largest absolute Gasteiger partial charge is 0.487 e. The average Bonchev–Trinajstić information content (AvgIpc) is 2.90. The summed E-state index contributed by atoms with van der Waals surface area (Å²) in [5.74, 6) is 0.287. The van der Waals surface area contributed by atoms with Crippen LogP contribution in [0.25, 0.3) is 6.08 Å². The second-order valence-corrected chi connectivity index (χ2v) is 7.99. The van der Waals surface area contributed by atoms with Crippen LogP contribution < -0.4 is 10.1 Å². The summed E-state index contributed by atoms with van der Waals surface area (Å²) in [5, 5.41) is 2.58. The summed E-state index contributed by atoms with van der Waals surface area (Å²) >= 11 is 7.03. The summed E-state index contributed by atoms with van der Waals surface area (Å²) in [6.45, 7) is 6.20. The summed E-state index contributed by atoms with van der Waals surface area (Å²) < 4.78 is 7.41. The molecule has 0 atom stereocenters. The summed E-state index contributed by atoms with van der Waals surface area (Å²) in [6.07, 6.45) is 3.14. The number of benzene rings is 2. The molecule has 0 unspecified atom stereocenters. The molecule has 5 nitrogen and oxygen atoms in total. The molecule has 2 aromatic carbocycles. The Labute approximate surface area is 180 Å². The van der Waals surface area contributed by atoms with Gasteiger partial charge in [0.15, 0.2) is 0 Å². The number of amides is 3. The number of rotatable bonds is 6. The van der Waals surface area contributed by atoms with Gasteiger partial charge in [0, 0.05) is 6.54 Å². The molecule has 0 aliphatic carbocycles. The maximum atomic E-state index is 12.3. The fourth-order valence-electron chi connectivity index (χ4n) is 2.67. The Morgan fingerprint density at radius 2 is 1.79 bits per heavy atom. The molecule has 144 valence electrons. The summed E-state index contributed by atoms with van der Waals surface area (Å²) in [7, 11) is 0. The highest BCUT2D eigenvalue weighted by atomic mass is 79.9. The number of halogens is 2. The Morgan fingerprint density at radius 3 is 2.39 bits per heavy atom. The van der Waals surface area contributed by atoms with Crippen molar-refractivity contribution in [1.82, 2.24) is 10.2 Å². The summed E-state index contributed by atoms with van der Waals surface area (Å²) in [6, 6.07) is 11.3. The Hall–Kier alpha value is -2.38. The maximum Gasteiger partial charge on any atom is 0.329 e. The van der Waals surface area contributed by atoms with Gasteiger partial charge in [-0.15, -0.1) is 6.58 Å². The van der Waals surface area contributed by atoms with Crippen molar-refractivity contribution in [2.75, 3.05) is 6.54 Å². The number of nitrogens with zero attached hydrogens (tertiary/aromatic N) is 1. The molecule has 1 fully saturated rings. The lowest BCUT2D eigenvalue weighted by Crippen LogP contribution is -2.30. The highest BCUT2D eigenvalue weighted by Crippen LogP contribution is 2.36. The number of hydrogen-bond donors (Lipinski definition) is 1. The minimum atomic E-state index is -0.452. The lowest BCUT2D eigenvalue weighted by molar-refractivity contribution is -0.122. The number of carbonyl (C=O) groups excluding carboxylic acids is 2. The maximum absolute atomic E-state index is 12.3. The van der Waals surface area contributed by atoms with Crippen LogP contribution >= 0.6 is 31.9 Å². The monoisotopic (exact) mass is 504 g/mol. The first-order chi connectivity index (χ1) is 13.4. The number of imide groups is 1. The second kappa shape index (κ2) is 8.75. The second-order valence-electron chi connectivity index (χ2n) is 6.28. The minimum absolute atomic E-state index is 0.168. The molecule has 3 amide bonds. The van der Waals surface area contributed by atoms with Crippen LogP contribution in [0.15, 0.2) is 63.7 Å². The van der Waals surface area contributed by atoms with Gasteiger partial charge in [0.05, 0.1) is 8.95 Å². The number of nitrogens with one attached hydrogen (secondary N) is 1. The third kappa shape index (κ3) is 4.54. The minimum Gasteiger partial charge on any atom is -0.487 e. The number of ether oxygens (including phenoxy) is 1. The molecule has 1 aliphatic rings. The first-order valence-electron chi connectivity index (χ1n) is 8.52. The van der Waals surface area contributed by atoms with Crippen molar-refractivity contribution < 1.29 is 14.3 Å². The summed E-state index contributed by atoms with van der Waals surface area (Å²) in [4.78, 5) is 25.3. The van der Waals surface area contributed by atoms with Crippen LogP contribution in [-0.2, 0) is 11.4 Å². The van der Waals surface area contributed by atoms with E-state index in [0.29, 0.717) is 12.4 Å². The number of aryl methyl sites for hydroxylation is 1. The van der Waals surface area contributed by atoms with E-state index in [1.165, 1.54) is 11.6 Å². The fraction of sp³-hybridized carbons (Fsp3) is 0.143. The Morgan fingerprint density at radius 1 is 1.14 bits per heavy atom. The third-order valence-electron chi connectivity index (χ3n) is 4.11. The van der Waals surface area contributed by atoms with Crippen LogP contribution in [0.3, 0.4) is 0 Å². The molecule has 1 saturated heterocycles. The molecule has 3 rings (SSSR count). The van der Waals surface area contributed by atoms with E-state index >= 15 is 0 Å². The number of carbonyl (C=O) groups is 2. The van der Waals surface area contributed by atoms with Gasteiger partial charge in [-0.3, -0.25) is 9.69 Å². The van der Waals surface area contributed by atoms with Gasteiger partial charge in [0.1, 0.15) is 18.1 Å². The lowest BCUT2D eigenvalue weighted by Gasteiger charge is -2.12. The van der Waals surface area contributed by atoms with Crippen LogP contribution in [0, 0.1) is 6.92 Å².